The Bertz CT molecular complexity index is 824. The van der Waals surface area contributed by atoms with Crippen LogP contribution in [0.2, 0.25) is 0 Å². The fourth-order valence-electron chi connectivity index (χ4n) is 1.99. The van der Waals surface area contributed by atoms with Crippen LogP contribution in [0.25, 0.3) is 22.3 Å². The molecule has 0 bridgehead atoms. The number of nitrogens with one attached hydrogen (secondary N) is 1. The molecule has 1 aromatic carbocycles. The van der Waals surface area contributed by atoms with Gasteiger partial charge in [0.25, 0.3) is 0 Å². The minimum Gasteiger partial charge on any atom is -0.284 e. The van der Waals surface area contributed by atoms with E-state index in [0.717, 1.165) is 11.1 Å². The van der Waals surface area contributed by atoms with E-state index in [2.05, 4.69) is 14.7 Å². The number of hydrogen-bond acceptors (Lipinski definition) is 4. The summed E-state index contributed by atoms with van der Waals surface area (Å²) in [6, 6.07) is 14.7. The largest absolute Gasteiger partial charge is 0.284 e. The maximum absolute atomic E-state index is 10.9. The van der Waals surface area contributed by atoms with Gasteiger partial charge < -0.3 is 0 Å². The van der Waals surface area contributed by atoms with Gasteiger partial charge in [-0.1, -0.05) is 24.3 Å². The number of para-hydroxylation sites is 1. The van der Waals surface area contributed by atoms with Crippen LogP contribution in [0, 0.1) is 0 Å². The number of thiol groups is 1. The van der Waals surface area contributed by atoms with Gasteiger partial charge in [0.2, 0.25) is 10.9 Å². The maximum Gasteiger partial charge on any atom is 0.222 e. The minimum atomic E-state index is -2.72. The van der Waals surface area contributed by atoms with Crippen molar-refractivity contribution >= 4 is 27.5 Å². The summed E-state index contributed by atoms with van der Waals surface area (Å²) in [6.07, 6.45) is 1.69. The Balaban J connectivity index is 2.19. The molecule has 100 valence electrons. The van der Waals surface area contributed by atoms with Gasteiger partial charge in [-0.05, 0) is 24.3 Å². The van der Waals surface area contributed by atoms with Crippen LogP contribution >= 0.6 is 0 Å². The van der Waals surface area contributed by atoms with Gasteiger partial charge in [0, 0.05) is 11.6 Å². The average molecular weight is 285 g/mol. The summed E-state index contributed by atoms with van der Waals surface area (Å²) in [4.78, 5) is 8.75. The third-order valence-corrected chi connectivity index (χ3v) is 3.28. The molecule has 0 unspecified atom stereocenters. The number of pyridine rings is 2. The van der Waals surface area contributed by atoms with E-state index in [-0.39, 0.29) is 0 Å². The zero-order valence-corrected chi connectivity index (χ0v) is 11.2. The summed E-state index contributed by atoms with van der Waals surface area (Å²) in [5, 5.41) is 0.867. The second kappa shape index (κ2) is 5.26. The van der Waals surface area contributed by atoms with Crippen molar-refractivity contribution in [3.63, 3.8) is 0 Å². The molecule has 0 saturated carbocycles. The first-order valence-electron chi connectivity index (χ1n) is 5.96. The highest BCUT2D eigenvalue weighted by Gasteiger charge is 2.06. The van der Waals surface area contributed by atoms with Crippen LogP contribution in [-0.2, 0) is 10.9 Å². The Morgan fingerprint density at radius 2 is 1.80 bits per heavy atom. The van der Waals surface area contributed by atoms with Gasteiger partial charge in [-0.25, -0.2) is 13.4 Å². The first-order valence-corrected chi connectivity index (χ1v) is 7.14. The molecule has 6 heteroatoms. The molecule has 2 heterocycles. The Kier molecular flexibility index (Phi) is 3.30. The third-order valence-electron chi connectivity index (χ3n) is 2.86. The molecule has 0 aliphatic carbocycles. The Hall–Kier alpha value is -2.47. The molecule has 20 heavy (non-hydrogen) atoms. The van der Waals surface area contributed by atoms with E-state index in [1.165, 1.54) is 0 Å². The zero-order valence-electron chi connectivity index (χ0n) is 10.4. The second-order valence-corrected chi connectivity index (χ2v) is 4.90. The van der Waals surface area contributed by atoms with Crippen molar-refractivity contribution in [3.05, 3.63) is 54.7 Å². The van der Waals surface area contributed by atoms with E-state index in [4.69, 9.17) is 0 Å². The van der Waals surface area contributed by atoms with Crippen molar-refractivity contribution in [1.82, 2.24) is 9.97 Å². The van der Waals surface area contributed by atoms with Crippen LogP contribution in [0.5, 0.6) is 0 Å². The molecule has 0 spiro atoms. The summed E-state index contributed by atoms with van der Waals surface area (Å²) in [7, 11) is -2.72. The number of hydrogen-bond donors (Lipinski definition) is 2. The standard InChI is InChI=1S/C14H11N3O2S/c18-20(19)17-13-6-3-4-10-7-8-12(16-14(10)13)11-5-1-2-9-15-11/h1-9,20H,(H,17,18,19). The lowest BCUT2D eigenvalue weighted by Crippen LogP contribution is -1.97. The van der Waals surface area contributed by atoms with Gasteiger partial charge in [0.05, 0.1) is 22.6 Å². The van der Waals surface area contributed by atoms with Crippen molar-refractivity contribution in [1.29, 1.82) is 0 Å². The summed E-state index contributed by atoms with van der Waals surface area (Å²) in [6.45, 7) is 0. The molecule has 1 N–H and O–H groups in total. The lowest BCUT2D eigenvalue weighted by atomic mass is 10.1. The zero-order chi connectivity index (χ0) is 13.9. The van der Waals surface area contributed by atoms with Gasteiger partial charge in [-0.2, -0.15) is 0 Å². The van der Waals surface area contributed by atoms with E-state index < -0.39 is 10.9 Å². The Morgan fingerprint density at radius 3 is 2.55 bits per heavy atom. The monoisotopic (exact) mass is 285 g/mol. The van der Waals surface area contributed by atoms with Crippen LogP contribution in [0.3, 0.4) is 0 Å². The number of fused-ring (bicyclic) bond motifs is 1. The van der Waals surface area contributed by atoms with Gasteiger partial charge >= 0.3 is 0 Å². The summed E-state index contributed by atoms with van der Waals surface area (Å²) in [5.74, 6) is 0. The van der Waals surface area contributed by atoms with E-state index >= 15 is 0 Å². The quantitative estimate of drug-likeness (QED) is 0.724. The van der Waals surface area contributed by atoms with Gasteiger partial charge in [0.15, 0.2) is 0 Å². The molecule has 0 radical (unpaired) electrons. The highest BCUT2D eigenvalue weighted by atomic mass is 32.2. The van der Waals surface area contributed by atoms with Crippen LogP contribution in [0.1, 0.15) is 0 Å². The van der Waals surface area contributed by atoms with Crippen molar-refractivity contribution in [2.24, 2.45) is 0 Å². The lowest BCUT2D eigenvalue weighted by molar-refractivity contribution is 0.619. The first-order chi connectivity index (χ1) is 9.74. The summed E-state index contributed by atoms with van der Waals surface area (Å²) in [5.41, 5.74) is 2.52. The molecule has 0 aliphatic heterocycles. The minimum absolute atomic E-state index is 0.469. The van der Waals surface area contributed by atoms with E-state index in [1.54, 1.807) is 18.3 Å². The van der Waals surface area contributed by atoms with Gasteiger partial charge in [0.1, 0.15) is 0 Å². The molecule has 3 rings (SSSR count). The number of nitrogens with zero attached hydrogens (tertiary/aromatic N) is 2. The number of benzene rings is 1. The highest BCUT2D eigenvalue weighted by Crippen LogP contribution is 2.24. The predicted octanol–water partition coefficient (Wildman–Crippen LogP) is 2.24. The topological polar surface area (TPSA) is 72.0 Å². The molecular formula is C14H11N3O2S. The van der Waals surface area contributed by atoms with Crippen LogP contribution < -0.4 is 4.72 Å². The van der Waals surface area contributed by atoms with E-state index in [0.29, 0.717) is 16.9 Å². The van der Waals surface area contributed by atoms with Gasteiger partial charge in [-0.15, -0.1) is 0 Å². The van der Waals surface area contributed by atoms with Crippen LogP contribution in [-0.4, -0.2) is 18.4 Å². The third kappa shape index (κ3) is 2.46. The fourth-order valence-corrected chi connectivity index (χ4v) is 2.37. The molecular weight excluding hydrogens is 274 g/mol. The average Bonchev–Trinajstić information content (AvgIpc) is 2.47. The second-order valence-electron chi connectivity index (χ2n) is 4.16. The number of anilines is 1. The Labute approximate surface area is 117 Å². The van der Waals surface area contributed by atoms with Crippen molar-refractivity contribution in [2.75, 3.05) is 4.72 Å². The lowest BCUT2D eigenvalue weighted by Gasteiger charge is -2.06. The highest BCUT2D eigenvalue weighted by molar-refractivity contribution is 7.73. The Morgan fingerprint density at radius 1 is 0.900 bits per heavy atom. The molecule has 0 aliphatic rings. The number of rotatable bonds is 3. The van der Waals surface area contributed by atoms with Crippen LogP contribution in [0.15, 0.2) is 54.7 Å². The first kappa shape index (κ1) is 12.6. The van der Waals surface area contributed by atoms with Crippen LogP contribution in [0.4, 0.5) is 5.69 Å². The summed E-state index contributed by atoms with van der Waals surface area (Å²) < 4.78 is 24.1. The molecule has 2 aromatic heterocycles. The van der Waals surface area contributed by atoms with Crippen molar-refractivity contribution in [3.8, 4) is 11.4 Å². The molecule has 5 nitrogen and oxygen atoms in total. The molecule has 3 aromatic rings. The SMILES string of the molecule is O=[SH](=O)Nc1cccc2ccc(-c3ccccn3)nc12. The van der Waals surface area contributed by atoms with Crippen molar-refractivity contribution < 1.29 is 8.42 Å². The summed E-state index contributed by atoms with van der Waals surface area (Å²) >= 11 is 0. The van der Waals surface area contributed by atoms with E-state index in [1.807, 2.05) is 36.4 Å². The predicted molar refractivity (Wildman–Crippen MR) is 78.9 cm³/mol. The molecule has 0 amide bonds. The molecule has 0 fully saturated rings. The fraction of sp³-hybridized carbons (Fsp3) is 0. The maximum atomic E-state index is 10.9. The number of aromatic nitrogens is 2. The van der Waals surface area contributed by atoms with Crippen molar-refractivity contribution in [2.45, 2.75) is 0 Å². The molecule has 0 saturated heterocycles. The normalized spacial score (nSPS) is 10.8. The van der Waals surface area contributed by atoms with Gasteiger partial charge in [-0.3, -0.25) is 9.71 Å². The molecule has 0 atom stereocenters. The van der Waals surface area contributed by atoms with E-state index in [9.17, 15) is 8.42 Å². The smallest absolute Gasteiger partial charge is 0.222 e.